The van der Waals surface area contributed by atoms with Gasteiger partial charge < -0.3 is 4.90 Å². The summed E-state index contributed by atoms with van der Waals surface area (Å²) < 4.78 is 26.7. The highest BCUT2D eigenvalue weighted by Gasteiger charge is 2.26. The van der Waals surface area contributed by atoms with Crippen LogP contribution in [0, 0.1) is 6.92 Å². The monoisotopic (exact) mass is 408 g/mol. The molecule has 0 saturated heterocycles. The molecule has 0 saturated carbocycles. The van der Waals surface area contributed by atoms with Gasteiger partial charge >= 0.3 is 0 Å². The van der Waals surface area contributed by atoms with E-state index in [9.17, 15) is 13.2 Å². The number of nitrogens with zero attached hydrogens (tertiary/aromatic N) is 2. The van der Waals surface area contributed by atoms with Gasteiger partial charge in [-0.2, -0.15) is 4.31 Å². The Balaban J connectivity index is 2.35. The van der Waals surface area contributed by atoms with E-state index in [1.165, 1.54) is 34.5 Å². The molecule has 0 aliphatic heterocycles. The fraction of sp³-hybridized carbons (Fsp3) is 0.350. The number of aryl methyl sites for hydroxylation is 1. The zero-order valence-electron chi connectivity index (χ0n) is 16.2. The van der Waals surface area contributed by atoms with Gasteiger partial charge in [0.15, 0.2) is 0 Å². The summed E-state index contributed by atoms with van der Waals surface area (Å²) in [5.74, 6) is -0.326. The van der Waals surface area contributed by atoms with Crippen LogP contribution >= 0.6 is 11.6 Å². The minimum absolute atomic E-state index is 0.0516. The van der Waals surface area contributed by atoms with Crippen molar-refractivity contribution in [2.24, 2.45) is 0 Å². The summed E-state index contributed by atoms with van der Waals surface area (Å²) in [6.07, 6.45) is 0. The molecular formula is C20H25ClN2O3S. The van der Waals surface area contributed by atoms with Gasteiger partial charge in [0.05, 0.1) is 15.5 Å². The Kier molecular flexibility index (Phi) is 6.68. The number of benzene rings is 2. The molecule has 2 aromatic rings. The highest BCUT2D eigenvalue weighted by molar-refractivity contribution is 7.89. The molecular weight excluding hydrogens is 384 g/mol. The zero-order chi connectivity index (χ0) is 20.4. The topological polar surface area (TPSA) is 57.7 Å². The Morgan fingerprint density at radius 1 is 1.11 bits per heavy atom. The molecule has 0 aliphatic rings. The van der Waals surface area contributed by atoms with Crippen LogP contribution in [0.4, 0.5) is 0 Å². The first-order valence-electron chi connectivity index (χ1n) is 8.63. The van der Waals surface area contributed by atoms with E-state index in [2.05, 4.69) is 0 Å². The van der Waals surface area contributed by atoms with Crippen LogP contribution in [-0.4, -0.2) is 43.7 Å². The summed E-state index contributed by atoms with van der Waals surface area (Å²) in [6.45, 7) is 5.96. The number of rotatable bonds is 6. The molecule has 0 unspecified atom stereocenters. The molecule has 0 radical (unpaired) electrons. The van der Waals surface area contributed by atoms with Gasteiger partial charge in [-0.25, -0.2) is 8.42 Å². The van der Waals surface area contributed by atoms with Crippen molar-refractivity contribution in [2.45, 2.75) is 38.3 Å². The van der Waals surface area contributed by atoms with Crippen molar-refractivity contribution in [1.82, 2.24) is 9.21 Å². The van der Waals surface area contributed by atoms with Gasteiger partial charge in [0.2, 0.25) is 10.0 Å². The average molecular weight is 409 g/mol. The first-order chi connectivity index (χ1) is 12.6. The van der Waals surface area contributed by atoms with Crippen LogP contribution in [0.2, 0.25) is 5.02 Å². The van der Waals surface area contributed by atoms with E-state index in [1.807, 2.05) is 31.2 Å². The number of carbonyl (C=O) groups is 1. The Morgan fingerprint density at radius 2 is 1.74 bits per heavy atom. The Labute approximate surface area is 166 Å². The Hall–Kier alpha value is -1.89. The average Bonchev–Trinajstić information content (AvgIpc) is 2.62. The summed E-state index contributed by atoms with van der Waals surface area (Å²) in [5.41, 5.74) is 2.27. The summed E-state index contributed by atoms with van der Waals surface area (Å²) in [6, 6.07) is 11.8. The van der Waals surface area contributed by atoms with E-state index in [0.717, 1.165) is 11.1 Å². The van der Waals surface area contributed by atoms with Gasteiger partial charge in [0, 0.05) is 26.7 Å². The zero-order valence-corrected chi connectivity index (χ0v) is 17.8. The fourth-order valence-corrected chi connectivity index (χ4v) is 4.19. The van der Waals surface area contributed by atoms with Crippen molar-refractivity contribution in [3.63, 3.8) is 0 Å². The lowest BCUT2D eigenvalue weighted by molar-refractivity contribution is 0.0785. The maximum Gasteiger partial charge on any atom is 0.255 e. The second-order valence-corrected chi connectivity index (χ2v) is 9.25. The van der Waals surface area contributed by atoms with Gasteiger partial charge in [-0.05, 0) is 50.1 Å². The van der Waals surface area contributed by atoms with Gasteiger partial charge in [-0.3, -0.25) is 4.79 Å². The predicted molar refractivity (Wildman–Crippen MR) is 109 cm³/mol. The third-order valence-corrected chi connectivity index (χ3v) is 6.95. The molecule has 0 bridgehead atoms. The maximum absolute atomic E-state index is 12.9. The Morgan fingerprint density at radius 3 is 2.33 bits per heavy atom. The van der Waals surface area contributed by atoms with Crippen molar-refractivity contribution in [3.8, 4) is 0 Å². The lowest BCUT2D eigenvalue weighted by atomic mass is 10.1. The van der Waals surface area contributed by atoms with E-state index in [0.29, 0.717) is 6.54 Å². The lowest BCUT2D eigenvalue weighted by Crippen LogP contribution is -2.33. The van der Waals surface area contributed by atoms with Gasteiger partial charge in [0.25, 0.3) is 5.91 Å². The van der Waals surface area contributed by atoms with Crippen molar-refractivity contribution >= 4 is 27.5 Å². The highest BCUT2D eigenvalue weighted by Crippen LogP contribution is 2.25. The largest absolute Gasteiger partial charge is 0.337 e. The van der Waals surface area contributed by atoms with Gasteiger partial charge in [0.1, 0.15) is 0 Å². The third kappa shape index (κ3) is 4.69. The fourth-order valence-electron chi connectivity index (χ4n) is 2.59. The molecule has 5 nitrogen and oxygen atoms in total. The quantitative estimate of drug-likeness (QED) is 0.727. The van der Waals surface area contributed by atoms with E-state index in [-0.39, 0.29) is 27.4 Å². The number of hydrogen-bond acceptors (Lipinski definition) is 3. The van der Waals surface area contributed by atoms with Gasteiger partial charge in [-0.1, -0.05) is 35.9 Å². The molecule has 1 amide bonds. The van der Waals surface area contributed by atoms with Crippen molar-refractivity contribution < 1.29 is 13.2 Å². The van der Waals surface area contributed by atoms with Crippen molar-refractivity contribution in [3.05, 3.63) is 64.2 Å². The standard InChI is InChI=1S/C20H25ClN2O3S/c1-14(2)23(5)27(25,26)17-10-11-19(21)18(12-17)20(24)22(4)13-16-9-7-6-8-15(16)3/h6-12,14H,13H2,1-5H3. The highest BCUT2D eigenvalue weighted by atomic mass is 35.5. The molecule has 0 aliphatic carbocycles. The number of sulfonamides is 1. The minimum Gasteiger partial charge on any atom is -0.337 e. The SMILES string of the molecule is Cc1ccccc1CN(C)C(=O)c1cc(S(=O)(=O)N(C)C(C)C)ccc1Cl. The van der Waals surface area contributed by atoms with Crippen LogP contribution in [0.3, 0.4) is 0 Å². The molecule has 0 spiro atoms. The molecule has 27 heavy (non-hydrogen) atoms. The second-order valence-electron chi connectivity index (χ2n) is 6.84. The molecule has 0 N–H and O–H groups in total. The smallest absolute Gasteiger partial charge is 0.255 e. The van der Waals surface area contributed by atoms with Crippen molar-refractivity contribution in [1.29, 1.82) is 0 Å². The van der Waals surface area contributed by atoms with Gasteiger partial charge in [-0.15, -0.1) is 0 Å². The first-order valence-corrected chi connectivity index (χ1v) is 10.4. The van der Waals surface area contributed by atoms with Crippen molar-refractivity contribution in [2.75, 3.05) is 14.1 Å². The number of amides is 1. The molecule has 0 heterocycles. The summed E-state index contributed by atoms with van der Waals surface area (Å²) in [4.78, 5) is 14.5. The lowest BCUT2D eigenvalue weighted by Gasteiger charge is -2.22. The number of halogens is 1. The number of hydrogen-bond donors (Lipinski definition) is 0. The summed E-state index contributed by atoms with van der Waals surface area (Å²) in [7, 11) is -0.511. The summed E-state index contributed by atoms with van der Waals surface area (Å²) in [5, 5.41) is 0.225. The summed E-state index contributed by atoms with van der Waals surface area (Å²) >= 11 is 6.21. The Bertz CT molecular complexity index is 942. The molecule has 146 valence electrons. The first kappa shape index (κ1) is 21.4. The molecule has 0 fully saturated rings. The molecule has 0 atom stereocenters. The maximum atomic E-state index is 12.9. The van der Waals surface area contributed by atoms with E-state index >= 15 is 0 Å². The normalized spacial score (nSPS) is 11.9. The molecule has 2 rings (SSSR count). The minimum atomic E-state index is -3.70. The van der Waals surface area contributed by atoms with E-state index in [4.69, 9.17) is 11.6 Å². The molecule has 7 heteroatoms. The van der Waals surface area contributed by atoms with Crippen LogP contribution in [0.25, 0.3) is 0 Å². The van der Waals surface area contributed by atoms with E-state index in [1.54, 1.807) is 20.9 Å². The van der Waals surface area contributed by atoms with Crippen LogP contribution in [-0.2, 0) is 16.6 Å². The van der Waals surface area contributed by atoms with Crippen LogP contribution in [0.15, 0.2) is 47.4 Å². The number of carbonyl (C=O) groups excluding carboxylic acids is 1. The molecule has 0 aromatic heterocycles. The van der Waals surface area contributed by atoms with E-state index < -0.39 is 10.0 Å². The van der Waals surface area contributed by atoms with Crippen LogP contribution in [0.5, 0.6) is 0 Å². The third-order valence-electron chi connectivity index (χ3n) is 4.59. The second kappa shape index (κ2) is 8.42. The van der Waals surface area contributed by atoms with Crippen LogP contribution in [0.1, 0.15) is 35.3 Å². The van der Waals surface area contributed by atoms with Crippen LogP contribution < -0.4 is 0 Å². The molecule has 2 aromatic carbocycles. The predicted octanol–water partition coefficient (Wildman–Crippen LogP) is 3.95.